The second kappa shape index (κ2) is 7.72. The number of halogens is 2. The van der Waals surface area contributed by atoms with E-state index in [0.717, 1.165) is 38.1 Å². The first-order chi connectivity index (χ1) is 13.8. The molecule has 1 atom stereocenters. The highest BCUT2D eigenvalue weighted by molar-refractivity contribution is 7.92. The number of anilines is 1. The molecule has 0 aliphatic carbocycles. The molecule has 0 bridgehead atoms. The summed E-state index contributed by atoms with van der Waals surface area (Å²) in [5.41, 5.74) is -0.238. The molecule has 2 aliphatic heterocycles. The third-order valence-electron chi connectivity index (χ3n) is 5.46. The lowest BCUT2D eigenvalue weighted by Gasteiger charge is -2.37. The van der Waals surface area contributed by atoms with E-state index < -0.39 is 27.3 Å². The van der Waals surface area contributed by atoms with Crippen molar-refractivity contribution in [1.82, 2.24) is 9.80 Å². The lowest BCUT2D eigenvalue weighted by atomic mass is 10.1. The SMILES string of the molecule is O=C(c1cccc(S(=O)(=O)Nc2cccc(F)c2F)c1)N1CCN2CCC[C@@H]2C1. The molecule has 2 aliphatic rings. The van der Waals surface area contributed by atoms with Gasteiger partial charge in [-0.3, -0.25) is 14.4 Å². The topological polar surface area (TPSA) is 69.7 Å². The lowest BCUT2D eigenvalue weighted by molar-refractivity contribution is 0.0571. The number of hydrogen-bond acceptors (Lipinski definition) is 4. The van der Waals surface area contributed by atoms with Crippen molar-refractivity contribution >= 4 is 21.6 Å². The van der Waals surface area contributed by atoms with Gasteiger partial charge in [-0.15, -0.1) is 0 Å². The Morgan fingerprint density at radius 2 is 1.86 bits per heavy atom. The molecular weight excluding hydrogens is 400 g/mol. The number of carbonyl (C=O) groups excluding carboxylic acids is 1. The minimum absolute atomic E-state index is 0.188. The Labute approximate surface area is 168 Å². The van der Waals surface area contributed by atoms with E-state index in [0.29, 0.717) is 19.1 Å². The zero-order valence-corrected chi connectivity index (χ0v) is 16.5. The van der Waals surface area contributed by atoms with E-state index in [-0.39, 0.29) is 16.4 Å². The van der Waals surface area contributed by atoms with Crippen molar-refractivity contribution in [3.63, 3.8) is 0 Å². The van der Waals surface area contributed by atoms with E-state index in [1.54, 1.807) is 11.0 Å². The second-order valence-electron chi connectivity index (χ2n) is 7.32. The van der Waals surface area contributed by atoms with Crippen molar-refractivity contribution in [3.05, 3.63) is 59.7 Å². The van der Waals surface area contributed by atoms with Crippen molar-refractivity contribution in [2.75, 3.05) is 30.9 Å². The fraction of sp³-hybridized carbons (Fsp3) is 0.350. The maximum Gasteiger partial charge on any atom is 0.262 e. The van der Waals surface area contributed by atoms with Crippen LogP contribution in [0, 0.1) is 11.6 Å². The van der Waals surface area contributed by atoms with E-state index >= 15 is 0 Å². The van der Waals surface area contributed by atoms with Crippen LogP contribution in [0.1, 0.15) is 23.2 Å². The fourth-order valence-corrected chi connectivity index (χ4v) is 5.05. The third kappa shape index (κ3) is 3.97. The highest BCUT2D eigenvalue weighted by atomic mass is 32.2. The van der Waals surface area contributed by atoms with Gasteiger partial charge in [-0.25, -0.2) is 17.2 Å². The molecular formula is C20H21F2N3O3S. The maximum atomic E-state index is 13.8. The van der Waals surface area contributed by atoms with Crippen LogP contribution in [0.4, 0.5) is 14.5 Å². The van der Waals surface area contributed by atoms with E-state index in [9.17, 15) is 22.0 Å². The van der Waals surface area contributed by atoms with Crippen LogP contribution in [0.2, 0.25) is 0 Å². The third-order valence-corrected chi connectivity index (χ3v) is 6.82. The Morgan fingerprint density at radius 3 is 2.69 bits per heavy atom. The van der Waals surface area contributed by atoms with Gasteiger partial charge < -0.3 is 4.90 Å². The summed E-state index contributed by atoms with van der Waals surface area (Å²) >= 11 is 0. The average molecular weight is 421 g/mol. The van der Waals surface area contributed by atoms with Gasteiger partial charge in [-0.05, 0) is 49.7 Å². The van der Waals surface area contributed by atoms with Gasteiger partial charge in [0.15, 0.2) is 11.6 Å². The largest absolute Gasteiger partial charge is 0.336 e. The van der Waals surface area contributed by atoms with E-state index in [1.165, 1.54) is 24.3 Å². The molecule has 6 nitrogen and oxygen atoms in total. The van der Waals surface area contributed by atoms with Gasteiger partial charge >= 0.3 is 0 Å². The van der Waals surface area contributed by atoms with Crippen LogP contribution in [0.15, 0.2) is 47.4 Å². The number of piperazine rings is 1. The van der Waals surface area contributed by atoms with Gasteiger partial charge in [-0.1, -0.05) is 12.1 Å². The predicted molar refractivity (Wildman–Crippen MR) is 104 cm³/mol. The number of hydrogen-bond donors (Lipinski definition) is 1. The summed E-state index contributed by atoms with van der Waals surface area (Å²) in [5.74, 6) is -2.66. The van der Waals surface area contributed by atoms with Crippen LogP contribution >= 0.6 is 0 Å². The number of nitrogens with one attached hydrogen (secondary N) is 1. The molecule has 0 radical (unpaired) electrons. The molecule has 0 unspecified atom stereocenters. The number of sulfonamides is 1. The van der Waals surface area contributed by atoms with Crippen LogP contribution in [0.25, 0.3) is 0 Å². The number of nitrogens with zero attached hydrogens (tertiary/aromatic N) is 2. The van der Waals surface area contributed by atoms with Gasteiger partial charge in [-0.2, -0.15) is 0 Å². The molecule has 4 rings (SSSR count). The summed E-state index contributed by atoms with van der Waals surface area (Å²) in [6.07, 6.45) is 2.18. The van der Waals surface area contributed by atoms with E-state index in [2.05, 4.69) is 4.90 Å². The number of carbonyl (C=O) groups is 1. The molecule has 2 heterocycles. The van der Waals surface area contributed by atoms with Gasteiger partial charge in [0.2, 0.25) is 0 Å². The number of fused-ring (bicyclic) bond motifs is 1. The van der Waals surface area contributed by atoms with Gasteiger partial charge in [0.05, 0.1) is 10.6 Å². The molecule has 1 N–H and O–H groups in total. The summed E-state index contributed by atoms with van der Waals surface area (Å²) in [5, 5.41) is 0. The summed E-state index contributed by atoms with van der Waals surface area (Å²) in [6, 6.07) is 9.20. The quantitative estimate of drug-likeness (QED) is 0.824. The molecule has 0 aromatic heterocycles. The Balaban J connectivity index is 1.54. The van der Waals surface area contributed by atoms with Crippen LogP contribution in [0.3, 0.4) is 0 Å². The highest BCUT2D eigenvalue weighted by Gasteiger charge is 2.33. The predicted octanol–water partition coefficient (Wildman–Crippen LogP) is 2.69. The molecule has 0 saturated carbocycles. The Hall–Kier alpha value is -2.52. The number of amides is 1. The van der Waals surface area contributed by atoms with Gasteiger partial charge in [0.25, 0.3) is 15.9 Å². The fourth-order valence-electron chi connectivity index (χ4n) is 3.94. The monoisotopic (exact) mass is 421 g/mol. The molecule has 2 saturated heterocycles. The minimum atomic E-state index is -4.19. The standard InChI is InChI=1S/C20H21F2N3O3S/c21-17-7-2-8-18(19(17)22)23-29(27,28)16-6-1-4-14(12-16)20(26)25-11-10-24-9-3-5-15(24)13-25/h1-2,4,6-8,12,15,23H,3,5,9-11,13H2/t15-/m1/s1. The molecule has 0 spiro atoms. The van der Waals surface area contributed by atoms with Crippen molar-refractivity contribution in [3.8, 4) is 0 Å². The minimum Gasteiger partial charge on any atom is -0.336 e. The second-order valence-corrected chi connectivity index (χ2v) is 9.00. The van der Waals surface area contributed by atoms with Crippen LogP contribution in [0.5, 0.6) is 0 Å². The zero-order valence-electron chi connectivity index (χ0n) is 15.6. The number of rotatable bonds is 4. The van der Waals surface area contributed by atoms with Crippen molar-refractivity contribution in [1.29, 1.82) is 0 Å². The lowest BCUT2D eigenvalue weighted by Crippen LogP contribution is -2.52. The van der Waals surface area contributed by atoms with Crippen LogP contribution in [-0.4, -0.2) is 56.3 Å². The first kappa shape index (κ1) is 19.8. The smallest absolute Gasteiger partial charge is 0.262 e. The first-order valence-corrected chi connectivity index (χ1v) is 10.9. The van der Waals surface area contributed by atoms with Crippen LogP contribution in [-0.2, 0) is 10.0 Å². The molecule has 29 heavy (non-hydrogen) atoms. The highest BCUT2D eigenvalue weighted by Crippen LogP contribution is 2.24. The molecule has 9 heteroatoms. The normalized spacial score (nSPS) is 19.8. The Kier molecular flexibility index (Phi) is 5.26. The molecule has 2 aromatic carbocycles. The Morgan fingerprint density at radius 1 is 1.07 bits per heavy atom. The summed E-state index contributed by atoms with van der Waals surface area (Å²) in [6.45, 7) is 3.10. The van der Waals surface area contributed by atoms with E-state index in [4.69, 9.17) is 0 Å². The molecule has 2 aromatic rings. The molecule has 1 amide bonds. The van der Waals surface area contributed by atoms with Gasteiger partial charge in [0, 0.05) is 31.2 Å². The first-order valence-electron chi connectivity index (χ1n) is 9.45. The van der Waals surface area contributed by atoms with E-state index in [1.807, 2.05) is 4.72 Å². The summed E-state index contributed by atoms with van der Waals surface area (Å²) in [7, 11) is -4.19. The molecule has 2 fully saturated rings. The molecule has 154 valence electrons. The maximum absolute atomic E-state index is 13.8. The van der Waals surface area contributed by atoms with Crippen molar-refractivity contribution in [2.45, 2.75) is 23.8 Å². The summed E-state index contributed by atoms with van der Waals surface area (Å²) in [4.78, 5) is 16.8. The van der Waals surface area contributed by atoms with Crippen molar-refractivity contribution < 1.29 is 22.0 Å². The zero-order chi connectivity index (χ0) is 20.6. The Bertz CT molecular complexity index is 1050. The number of benzene rings is 2. The van der Waals surface area contributed by atoms with Crippen molar-refractivity contribution in [2.24, 2.45) is 0 Å². The van der Waals surface area contributed by atoms with Crippen LogP contribution < -0.4 is 4.72 Å². The average Bonchev–Trinajstić information content (AvgIpc) is 3.19. The van der Waals surface area contributed by atoms with Gasteiger partial charge in [0.1, 0.15) is 0 Å². The summed E-state index contributed by atoms with van der Waals surface area (Å²) < 4.78 is 54.5.